The van der Waals surface area contributed by atoms with Crippen LogP contribution >= 0.6 is 0 Å². The number of hydrogen-bond acceptors (Lipinski definition) is 6. The van der Waals surface area contributed by atoms with E-state index in [0.29, 0.717) is 42.6 Å². The van der Waals surface area contributed by atoms with E-state index < -0.39 is 17.7 Å². The second kappa shape index (κ2) is 10.8. The quantitative estimate of drug-likeness (QED) is 0.301. The molecule has 0 spiro atoms. The lowest BCUT2D eigenvalue weighted by Crippen LogP contribution is -2.37. The summed E-state index contributed by atoms with van der Waals surface area (Å²) in [5, 5.41) is 11.5. The molecule has 1 saturated heterocycles. The van der Waals surface area contributed by atoms with E-state index in [1.165, 1.54) is 0 Å². The highest BCUT2D eigenvalue weighted by Crippen LogP contribution is 2.45. The van der Waals surface area contributed by atoms with Crippen LogP contribution in [0.25, 0.3) is 5.76 Å². The number of benzene rings is 2. The first-order chi connectivity index (χ1) is 17.0. The van der Waals surface area contributed by atoms with Crippen molar-refractivity contribution in [2.75, 3.05) is 19.8 Å². The van der Waals surface area contributed by atoms with Crippen LogP contribution in [0.1, 0.15) is 63.6 Å². The number of ketones is 1. The van der Waals surface area contributed by atoms with Gasteiger partial charge in [0.15, 0.2) is 0 Å². The van der Waals surface area contributed by atoms with E-state index in [-0.39, 0.29) is 17.4 Å². The van der Waals surface area contributed by atoms with Gasteiger partial charge in [-0.05, 0) is 63.4 Å². The molecule has 2 aliphatic rings. The lowest BCUT2D eigenvalue weighted by Gasteiger charge is -2.31. The van der Waals surface area contributed by atoms with Gasteiger partial charge in [-0.3, -0.25) is 9.59 Å². The van der Waals surface area contributed by atoms with Crippen molar-refractivity contribution in [1.82, 2.24) is 4.90 Å². The molecule has 186 valence electrons. The molecule has 1 saturated carbocycles. The fraction of sp³-hybridized carbons (Fsp3) is 0.429. The van der Waals surface area contributed by atoms with Crippen molar-refractivity contribution in [3.05, 3.63) is 59.2 Å². The van der Waals surface area contributed by atoms with Crippen molar-refractivity contribution in [1.29, 1.82) is 0 Å². The topological polar surface area (TPSA) is 85.3 Å². The molecule has 0 bridgehead atoms. The van der Waals surface area contributed by atoms with Gasteiger partial charge in [0, 0.05) is 12.1 Å². The van der Waals surface area contributed by atoms with E-state index in [9.17, 15) is 14.7 Å². The number of Topliss-reactive ketones (excluding diaryl/α,β-unsaturated/α-hetero) is 1. The highest BCUT2D eigenvalue weighted by atomic mass is 16.5. The maximum absolute atomic E-state index is 13.4. The molecule has 1 unspecified atom stereocenters. The Balaban J connectivity index is 1.85. The van der Waals surface area contributed by atoms with Crippen molar-refractivity contribution < 1.29 is 28.9 Å². The lowest BCUT2D eigenvalue weighted by molar-refractivity contribution is -0.141. The summed E-state index contributed by atoms with van der Waals surface area (Å²) in [4.78, 5) is 28.3. The minimum absolute atomic E-state index is 0.0417. The Labute approximate surface area is 206 Å². The fourth-order valence-electron chi connectivity index (χ4n) is 5.02. The Hall–Kier alpha value is -3.48. The molecule has 0 radical (unpaired) electrons. The molecule has 1 atom stereocenters. The predicted octanol–water partition coefficient (Wildman–Crippen LogP) is 5.25. The number of carbonyl (C=O) groups is 2. The lowest BCUT2D eigenvalue weighted by atomic mass is 9.94. The van der Waals surface area contributed by atoms with E-state index in [2.05, 4.69) is 0 Å². The second-order valence-corrected chi connectivity index (χ2v) is 8.67. The van der Waals surface area contributed by atoms with Crippen LogP contribution in [0, 0.1) is 0 Å². The summed E-state index contributed by atoms with van der Waals surface area (Å²) in [6.07, 6.45) is 3.70. The molecule has 35 heavy (non-hydrogen) atoms. The van der Waals surface area contributed by atoms with E-state index in [4.69, 9.17) is 14.2 Å². The number of aliphatic hydroxyl groups excluding tert-OH is 1. The van der Waals surface area contributed by atoms with Gasteiger partial charge >= 0.3 is 0 Å². The van der Waals surface area contributed by atoms with Crippen LogP contribution in [0.4, 0.5) is 0 Å². The smallest absolute Gasteiger partial charge is 0.295 e. The number of likely N-dealkylation sites (tertiary alicyclic amines) is 1. The molecule has 2 fully saturated rings. The van der Waals surface area contributed by atoms with Crippen LogP contribution in [0.5, 0.6) is 17.2 Å². The minimum atomic E-state index is -0.685. The summed E-state index contributed by atoms with van der Waals surface area (Å²) in [5.74, 6) is 0.217. The maximum atomic E-state index is 13.4. The first-order valence-corrected chi connectivity index (χ1v) is 12.4. The highest BCUT2D eigenvalue weighted by molar-refractivity contribution is 6.46. The summed E-state index contributed by atoms with van der Waals surface area (Å²) in [7, 11) is 0. The normalized spacial score (nSPS) is 19.9. The summed E-state index contributed by atoms with van der Waals surface area (Å²) in [5.41, 5.74) is 1.19. The van der Waals surface area contributed by atoms with Gasteiger partial charge in [0.05, 0.1) is 37.0 Å². The molecular formula is C28H33NO6. The molecule has 4 rings (SSSR count). The van der Waals surface area contributed by atoms with Crippen LogP contribution in [-0.2, 0) is 9.59 Å². The van der Waals surface area contributed by atoms with Gasteiger partial charge in [-0.15, -0.1) is 0 Å². The molecule has 1 N–H and O–H groups in total. The third kappa shape index (κ3) is 4.85. The second-order valence-electron chi connectivity index (χ2n) is 8.67. The molecule has 1 aliphatic carbocycles. The molecule has 0 aromatic heterocycles. The van der Waals surface area contributed by atoms with Crippen molar-refractivity contribution in [3.63, 3.8) is 0 Å². The van der Waals surface area contributed by atoms with Gasteiger partial charge in [-0.2, -0.15) is 0 Å². The third-order valence-corrected chi connectivity index (χ3v) is 6.52. The van der Waals surface area contributed by atoms with Gasteiger partial charge in [-0.25, -0.2) is 0 Å². The van der Waals surface area contributed by atoms with Gasteiger partial charge in [0.25, 0.3) is 11.7 Å². The van der Waals surface area contributed by atoms with Gasteiger partial charge < -0.3 is 24.2 Å². The Morgan fingerprint density at radius 2 is 1.49 bits per heavy atom. The molecule has 2 aromatic rings. The zero-order valence-corrected chi connectivity index (χ0v) is 20.6. The number of amides is 1. The van der Waals surface area contributed by atoms with E-state index in [0.717, 1.165) is 31.2 Å². The third-order valence-electron chi connectivity index (χ3n) is 6.52. The molecule has 1 amide bonds. The van der Waals surface area contributed by atoms with Crippen molar-refractivity contribution >= 4 is 17.4 Å². The van der Waals surface area contributed by atoms with Gasteiger partial charge in [0.2, 0.25) is 0 Å². The van der Waals surface area contributed by atoms with Crippen molar-refractivity contribution in [2.45, 2.75) is 58.5 Å². The van der Waals surface area contributed by atoms with E-state index in [1.807, 2.05) is 45.0 Å². The zero-order valence-electron chi connectivity index (χ0n) is 20.6. The number of nitrogens with zero attached hydrogens (tertiary/aromatic N) is 1. The van der Waals surface area contributed by atoms with Gasteiger partial charge in [0.1, 0.15) is 23.0 Å². The van der Waals surface area contributed by atoms with Crippen LogP contribution < -0.4 is 14.2 Å². The zero-order chi connectivity index (χ0) is 24.9. The molecule has 7 nitrogen and oxygen atoms in total. The number of carbonyl (C=O) groups excluding carboxylic acids is 2. The largest absolute Gasteiger partial charge is 0.507 e. The molecule has 1 aliphatic heterocycles. The average molecular weight is 480 g/mol. The van der Waals surface area contributed by atoms with Crippen LogP contribution in [0.2, 0.25) is 0 Å². The monoisotopic (exact) mass is 479 g/mol. The fourth-order valence-corrected chi connectivity index (χ4v) is 5.02. The maximum Gasteiger partial charge on any atom is 0.295 e. The summed E-state index contributed by atoms with van der Waals surface area (Å²) in [6, 6.07) is 11.7. The minimum Gasteiger partial charge on any atom is -0.507 e. The standard InChI is InChI=1S/C28H33NO6/c1-4-33-20-13-11-18(12-14-20)25-24(27(31)28(32)29(25)19-9-7-8-10-19)26(30)22-16-15-21(34-5-2)17-23(22)35-6-3/h11-17,19,25,30H,4-10H2,1-3H3/b26-24-. The number of ether oxygens (including phenoxy) is 3. The van der Waals surface area contributed by atoms with E-state index in [1.54, 1.807) is 23.1 Å². The first-order valence-electron chi connectivity index (χ1n) is 12.4. The first kappa shape index (κ1) is 24.6. The van der Waals surface area contributed by atoms with Crippen molar-refractivity contribution in [3.8, 4) is 17.2 Å². The van der Waals surface area contributed by atoms with Crippen LogP contribution in [-0.4, -0.2) is 47.6 Å². The number of hydrogen-bond donors (Lipinski definition) is 1. The molecule has 1 heterocycles. The summed E-state index contributed by atoms with van der Waals surface area (Å²) < 4.78 is 16.9. The molecule has 2 aromatic carbocycles. The highest BCUT2D eigenvalue weighted by Gasteiger charge is 2.49. The predicted molar refractivity (Wildman–Crippen MR) is 133 cm³/mol. The molecular weight excluding hydrogens is 446 g/mol. The Morgan fingerprint density at radius 3 is 2.11 bits per heavy atom. The van der Waals surface area contributed by atoms with E-state index >= 15 is 0 Å². The van der Waals surface area contributed by atoms with Gasteiger partial charge in [-0.1, -0.05) is 25.0 Å². The average Bonchev–Trinajstić information content (AvgIpc) is 3.47. The Morgan fingerprint density at radius 1 is 0.886 bits per heavy atom. The van der Waals surface area contributed by atoms with Crippen molar-refractivity contribution in [2.24, 2.45) is 0 Å². The summed E-state index contributed by atoms with van der Waals surface area (Å²) in [6.45, 7) is 7.04. The SMILES string of the molecule is CCOc1ccc(C2/C(=C(/O)c3ccc(OCC)cc3OCC)C(=O)C(=O)N2C2CCCC2)cc1. The molecule has 7 heteroatoms. The van der Waals surface area contributed by atoms with Crippen LogP contribution in [0.15, 0.2) is 48.0 Å². The Bertz CT molecular complexity index is 1100. The number of rotatable bonds is 9. The summed E-state index contributed by atoms with van der Waals surface area (Å²) >= 11 is 0. The van der Waals surface area contributed by atoms with Crippen LogP contribution in [0.3, 0.4) is 0 Å². The number of aliphatic hydroxyl groups is 1. The Kier molecular flexibility index (Phi) is 7.63.